The largest absolute Gasteiger partial charge is 0.478 e. The van der Waals surface area contributed by atoms with Crippen molar-refractivity contribution in [1.82, 2.24) is 4.98 Å². The summed E-state index contributed by atoms with van der Waals surface area (Å²) in [6.07, 6.45) is 4.42. The highest BCUT2D eigenvalue weighted by atomic mass is 35.5. The molecule has 0 saturated heterocycles. The van der Waals surface area contributed by atoms with E-state index in [0.717, 1.165) is 24.2 Å². The predicted octanol–water partition coefficient (Wildman–Crippen LogP) is 3.12. The summed E-state index contributed by atoms with van der Waals surface area (Å²) in [5.74, 6) is -0.676. The van der Waals surface area contributed by atoms with E-state index < -0.39 is 5.97 Å². The van der Waals surface area contributed by atoms with Crippen LogP contribution in [0.15, 0.2) is 0 Å². The van der Waals surface area contributed by atoms with Crippen LogP contribution in [0, 0.1) is 0 Å². The van der Waals surface area contributed by atoms with Gasteiger partial charge < -0.3 is 9.84 Å². The maximum atomic E-state index is 11.4. The Morgan fingerprint density at radius 3 is 2.72 bits per heavy atom. The van der Waals surface area contributed by atoms with E-state index in [-0.39, 0.29) is 5.56 Å². The Morgan fingerprint density at radius 2 is 2.06 bits per heavy atom. The van der Waals surface area contributed by atoms with Gasteiger partial charge in [0.15, 0.2) is 0 Å². The second-order valence-electron chi connectivity index (χ2n) is 4.89. The van der Waals surface area contributed by atoms with Crippen LogP contribution in [0.25, 0.3) is 0 Å². The van der Waals surface area contributed by atoms with Gasteiger partial charge in [-0.25, -0.2) is 4.79 Å². The van der Waals surface area contributed by atoms with Crippen LogP contribution in [0.1, 0.15) is 58.9 Å². The molecule has 0 unspecified atom stereocenters. The van der Waals surface area contributed by atoms with E-state index in [9.17, 15) is 9.90 Å². The molecule has 0 atom stereocenters. The van der Waals surface area contributed by atoms with Gasteiger partial charge in [-0.15, -0.1) is 0 Å². The third kappa shape index (κ3) is 1.80. The Bertz CT molecular complexity index is 509. The van der Waals surface area contributed by atoms with E-state index in [1.54, 1.807) is 0 Å². The highest BCUT2D eigenvalue weighted by molar-refractivity contribution is 6.34. The van der Waals surface area contributed by atoms with Crippen molar-refractivity contribution in [3.8, 4) is 0 Å². The zero-order valence-electron chi connectivity index (χ0n) is 9.91. The van der Waals surface area contributed by atoms with Gasteiger partial charge in [0.25, 0.3) is 0 Å². The number of carboxylic acid groups (broad SMARTS) is 1. The van der Waals surface area contributed by atoms with Crippen molar-refractivity contribution >= 4 is 17.6 Å². The molecule has 1 aliphatic heterocycles. The van der Waals surface area contributed by atoms with Crippen molar-refractivity contribution in [1.29, 1.82) is 0 Å². The summed E-state index contributed by atoms with van der Waals surface area (Å²) in [6.45, 7) is 0.696. The van der Waals surface area contributed by atoms with Crippen LogP contribution >= 0.6 is 11.6 Å². The van der Waals surface area contributed by atoms with Gasteiger partial charge in [-0.05, 0) is 12.8 Å². The van der Waals surface area contributed by atoms with Crippen molar-refractivity contribution in [2.45, 2.75) is 44.8 Å². The molecule has 1 aromatic rings. The fraction of sp³-hybridized carbons (Fsp3) is 0.538. The molecule has 1 N–H and O–H groups in total. The number of hydrogen-bond donors (Lipinski definition) is 1. The molecule has 4 nitrogen and oxygen atoms in total. The molecule has 3 rings (SSSR count). The Hall–Kier alpha value is -1.13. The van der Waals surface area contributed by atoms with Crippen LogP contribution in [0.4, 0.5) is 0 Å². The number of rotatable bonds is 2. The SMILES string of the molecule is O=C(O)c1c(Cl)c(C2CCCC2)nc2c1COC2. The second kappa shape index (κ2) is 4.52. The molecule has 2 heterocycles. The summed E-state index contributed by atoms with van der Waals surface area (Å²) in [7, 11) is 0. The van der Waals surface area contributed by atoms with Crippen LogP contribution in [0.3, 0.4) is 0 Å². The van der Waals surface area contributed by atoms with Crippen molar-refractivity contribution < 1.29 is 14.6 Å². The number of carboxylic acids is 1. The highest BCUT2D eigenvalue weighted by Gasteiger charge is 2.30. The summed E-state index contributed by atoms with van der Waals surface area (Å²) in [5, 5.41) is 9.65. The normalized spacial score (nSPS) is 19.2. The fourth-order valence-corrected chi connectivity index (χ4v) is 3.28. The first kappa shape index (κ1) is 11.9. The molecule has 0 spiro atoms. The molecule has 5 heteroatoms. The molecule has 0 aromatic carbocycles. The molecular weight excluding hydrogens is 254 g/mol. The van der Waals surface area contributed by atoms with E-state index in [4.69, 9.17) is 16.3 Å². The Morgan fingerprint density at radius 1 is 1.33 bits per heavy atom. The van der Waals surface area contributed by atoms with E-state index in [1.807, 2.05) is 0 Å². The second-order valence-corrected chi connectivity index (χ2v) is 5.27. The molecule has 1 aliphatic carbocycles. The van der Waals surface area contributed by atoms with Gasteiger partial charge in [-0.3, -0.25) is 4.98 Å². The number of nitrogens with zero attached hydrogens (tertiary/aromatic N) is 1. The maximum Gasteiger partial charge on any atom is 0.337 e. The summed E-state index contributed by atoms with van der Waals surface area (Å²) in [6, 6.07) is 0. The number of aromatic nitrogens is 1. The van der Waals surface area contributed by atoms with Gasteiger partial charge in [0.2, 0.25) is 0 Å². The summed E-state index contributed by atoms with van der Waals surface area (Å²) in [5.41, 5.74) is 2.35. The third-order valence-electron chi connectivity index (χ3n) is 3.79. The minimum atomic E-state index is -0.983. The molecule has 1 saturated carbocycles. The van der Waals surface area contributed by atoms with E-state index in [1.165, 1.54) is 12.8 Å². The van der Waals surface area contributed by atoms with Gasteiger partial charge in [0.05, 0.1) is 35.2 Å². The van der Waals surface area contributed by atoms with Crippen LogP contribution in [-0.2, 0) is 18.0 Å². The summed E-state index contributed by atoms with van der Waals surface area (Å²) >= 11 is 6.27. The number of carbonyl (C=O) groups is 1. The first-order valence-corrected chi connectivity index (χ1v) is 6.58. The average Bonchev–Trinajstić information content (AvgIpc) is 2.97. The van der Waals surface area contributed by atoms with Crippen LogP contribution < -0.4 is 0 Å². The van der Waals surface area contributed by atoms with Gasteiger partial charge >= 0.3 is 5.97 Å². The number of hydrogen-bond acceptors (Lipinski definition) is 3. The topological polar surface area (TPSA) is 59.4 Å². The predicted molar refractivity (Wildman–Crippen MR) is 65.9 cm³/mol. The zero-order chi connectivity index (χ0) is 12.7. The van der Waals surface area contributed by atoms with Gasteiger partial charge in [0, 0.05) is 11.5 Å². The van der Waals surface area contributed by atoms with Crippen molar-refractivity contribution in [3.05, 3.63) is 27.5 Å². The minimum absolute atomic E-state index is 0.195. The van der Waals surface area contributed by atoms with Crippen molar-refractivity contribution in [2.24, 2.45) is 0 Å². The first-order valence-electron chi connectivity index (χ1n) is 6.20. The number of fused-ring (bicyclic) bond motifs is 1. The van der Waals surface area contributed by atoms with E-state index in [0.29, 0.717) is 29.7 Å². The lowest BCUT2D eigenvalue weighted by atomic mass is 9.98. The van der Waals surface area contributed by atoms with Gasteiger partial charge in [-0.2, -0.15) is 0 Å². The molecular formula is C13H14ClNO3. The molecule has 96 valence electrons. The van der Waals surface area contributed by atoms with Crippen molar-refractivity contribution in [3.63, 3.8) is 0 Å². The Kier molecular flexibility index (Phi) is 2.99. The lowest BCUT2D eigenvalue weighted by Gasteiger charge is -2.15. The summed E-state index contributed by atoms with van der Waals surface area (Å²) in [4.78, 5) is 15.9. The molecule has 18 heavy (non-hydrogen) atoms. The van der Waals surface area contributed by atoms with Crippen LogP contribution in [0.5, 0.6) is 0 Å². The van der Waals surface area contributed by atoms with Gasteiger partial charge in [-0.1, -0.05) is 24.4 Å². The van der Waals surface area contributed by atoms with Crippen LogP contribution in [-0.4, -0.2) is 16.1 Å². The molecule has 0 radical (unpaired) electrons. The smallest absolute Gasteiger partial charge is 0.337 e. The lowest BCUT2D eigenvalue weighted by Crippen LogP contribution is -2.10. The first-order chi connectivity index (χ1) is 8.68. The van der Waals surface area contributed by atoms with Crippen LogP contribution in [0.2, 0.25) is 5.02 Å². The zero-order valence-corrected chi connectivity index (χ0v) is 10.7. The quantitative estimate of drug-likeness (QED) is 0.894. The standard InChI is InChI=1S/C13H14ClNO3/c14-11-10(13(16)17)8-5-18-6-9(8)15-12(11)7-3-1-2-4-7/h7H,1-6H2,(H,16,17). The highest BCUT2D eigenvalue weighted by Crippen LogP contribution is 2.40. The van der Waals surface area contributed by atoms with E-state index >= 15 is 0 Å². The summed E-state index contributed by atoms with van der Waals surface area (Å²) < 4.78 is 5.29. The minimum Gasteiger partial charge on any atom is -0.478 e. The fourth-order valence-electron chi connectivity index (χ4n) is 2.88. The average molecular weight is 268 g/mol. The third-order valence-corrected chi connectivity index (χ3v) is 4.17. The number of pyridine rings is 1. The molecule has 0 amide bonds. The molecule has 1 fully saturated rings. The van der Waals surface area contributed by atoms with E-state index in [2.05, 4.69) is 4.98 Å². The number of aromatic carboxylic acids is 1. The Labute approximate surface area is 110 Å². The molecule has 1 aromatic heterocycles. The van der Waals surface area contributed by atoms with Gasteiger partial charge in [0.1, 0.15) is 0 Å². The maximum absolute atomic E-state index is 11.4. The van der Waals surface area contributed by atoms with Crippen molar-refractivity contribution in [2.75, 3.05) is 0 Å². The Balaban J connectivity index is 2.15. The monoisotopic (exact) mass is 267 g/mol. The molecule has 0 bridgehead atoms. The number of halogens is 1. The lowest BCUT2D eigenvalue weighted by molar-refractivity contribution is 0.0692. The number of ether oxygens (including phenoxy) is 1. The molecule has 2 aliphatic rings.